The Morgan fingerprint density at radius 1 is 1.00 bits per heavy atom. The summed E-state index contributed by atoms with van der Waals surface area (Å²) in [4.78, 5) is 16.9. The SMILES string of the molecule is O=C(NC1CC2CCC(C1)N2Cc1ccccc1)c1ccccc1SCC1CCCO1. The molecule has 164 valence electrons. The van der Waals surface area contributed by atoms with Gasteiger partial charge in [-0.15, -0.1) is 11.8 Å². The normalized spacial score (nSPS) is 28.0. The lowest BCUT2D eigenvalue weighted by molar-refractivity contribution is 0.0825. The number of benzene rings is 2. The molecule has 4 nitrogen and oxygen atoms in total. The highest BCUT2D eigenvalue weighted by Gasteiger charge is 2.41. The summed E-state index contributed by atoms with van der Waals surface area (Å²) in [5.74, 6) is 1.00. The molecule has 3 aliphatic heterocycles. The molecule has 3 aliphatic rings. The molecule has 5 rings (SSSR count). The molecule has 1 amide bonds. The topological polar surface area (TPSA) is 41.6 Å². The Hall–Kier alpha value is -1.82. The Labute approximate surface area is 189 Å². The van der Waals surface area contributed by atoms with Crippen LogP contribution >= 0.6 is 11.8 Å². The number of hydrogen-bond donors (Lipinski definition) is 1. The van der Waals surface area contributed by atoms with Crippen molar-refractivity contribution < 1.29 is 9.53 Å². The summed E-state index contributed by atoms with van der Waals surface area (Å²) in [6.07, 6.45) is 7.21. The molecule has 0 aliphatic carbocycles. The van der Waals surface area contributed by atoms with Gasteiger partial charge in [0.15, 0.2) is 0 Å². The van der Waals surface area contributed by atoms with Crippen LogP contribution in [-0.4, -0.2) is 47.4 Å². The van der Waals surface area contributed by atoms with Crippen LogP contribution in [0.15, 0.2) is 59.5 Å². The van der Waals surface area contributed by atoms with E-state index in [1.807, 2.05) is 18.2 Å². The summed E-state index contributed by atoms with van der Waals surface area (Å²) in [5, 5.41) is 3.38. The zero-order valence-electron chi connectivity index (χ0n) is 18.0. The molecule has 3 unspecified atom stereocenters. The summed E-state index contributed by atoms with van der Waals surface area (Å²) in [6.45, 7) is 1.90. The third kappa shape index (κ3) is 5.00. The Morgan fingerprint density at radius 3 is 2.48 bits per heavy atom. The van der Waals surface area contributed by atoms with Gasteiger partial charge in [0.2, 0.25) is 0 Å². The molecule has 3 heterocycles. The van der Waals surface area contributed by atoms with Gasteiger partial charge < -0.3 is 10.1 Å². The molecule has 5 heteroatoms. The van der Waals surface area contributed by atoms with Crippen molar-refractivity contribution in [1.82, 2.24) is 10.2 Å². The predicted molar refractivity (Wildman–Crippen MR) is 125 cm³/mol. The van der Waals surface area contributed by atoms with Crippen molar-refractivity contribution in [2.45, 2.75) is 74.2 Å². The Kier molecular flexibility index (Phi) is 6.63. The second kappa shape index (κ2) is 9.76. The van der Waals surface area contributed by atoms with Crippen molar-refractivity contribution in [1.29, 1.82) is 0 Å². The van der Waals surface area contributed by atoms with Crippen LogP contribution in [0.1, 0.15) is 54.4 Å². The fourth-order valence-electron chi connectivity index (χ4n) is 5.45. The molecule has 0 spiro atoms. The van der Waals surface area contributed by atoms with Crippen molar-refractivity contribution in [3.05, 3.63) is 65.7 Å². The molecule has 2 aromatic rings. The van der Waals surface area contributed by atoms with Crippen LogP contribution in [0.3, 0.4) is 0 Å². The van der Waals surface area contributed by atoms with Gasteiger partial charge >= 0.3 is 0 Å². The number of carbonyl (C=O) groups excluding carboxylic acids is 1. The smallest absolute Gasteiger partial charge is 0.252 e. The Balaban J connectivity index is 1.19. The van der Waals surface area contributed by atoms with Crippen LogP contribution in [0, 0.1) is 0 Å². The average molecular weight is 437 g/mol. The number of ether oxygens (including phenoxy) is 1. The molecular weight excluding hydrogens is 404 g/mol. The van der Waals surface area contributed by atoms with Gasteiger partial charge in [0.1, 0.15) is 0 Å². The van der Waals surface area contributed by atoms with E-state index in [0.717, 1.165) is 55.0 Å². The number of rotatable bonds is 7. The largest absolute Gasteiger partial charge is 0.377 e. The molecule has 3 saturated heterocycles. The van der Waals surface area contributed by atoms with Gasteiger partial charge in [0, 0.05) is 41.9 Å². The predicted octanol–water partition coefficient (Wildman–Crippen LogP) is 4.88. The van der Waals surface area contributed by atoms with Crippen LogP contribution in [0.4, 0.5) is 0 Å². The highest BCUT2D eigenvalue weighted by Crippen LogP contribution is 2.37. The van der Waals surface area contributed by atoms with Gasteiger partial charge in [-0.3, -0.25) is 9.69 Å². The maximum Gasteiger partial charge on any atom is 0.252 e. The fraction of sp³-hybridized carbons (Fsp3) is 0.500. The van der Waals surface area contributed by atoms with Gasteiger partial charge in [0.05, 0.1) is 11.7 Å². The first-order valence-corrected chi connectivity index (χ1v) is 12.7. The third-order valence-electron chi connectivity index (χ3n) is 7.01. The van der Waals surface area contributed by atoms with E-state index in [9.17, 15) is 4.79 Å². The van der Waals surface area contributed by atoms with E-state index >= 15 is 0 Å². The standard InChI is InChI=1S/C26H32N2O2S/c29-26(24-10-4-5-11-25(24)31-18-23-9-6-14-30-23)27-20-15-21-12-13-22(16-20)28(21)17-19-7-2-1-3-8-19/h1-5,7-8,10-11,20-23H,6,9,12-18H2,(H,27,29). The molecule has 1 N–H and O–H groups in total. The van der Waals surface area contributed by atoms with E-state index < -0.39 is 0 Å². The van der Waals surface area contributed by atoms with Crippen molar-refractivity contribution in [3.63, 3.8) is 0 Å². The molecule has 3 atom stereocenters. The van der Waals surface area contributed by atoms with Crippen LogP contribution in [0.5, 0.6) is 0 Å². The van der Waals surface area contributed by atoms with E-state index in [1.54, 1.807) is 11.8 Å². The second-order valence-electron chi connectivity index (χ2n) is 9.13. The number of carbonyl (C=O) groups is 1. The summed E-state index contributed by atoms with van der Waals surface area (Å²) >= 11 is 1.76. The molecule has 2 bridgehead atoms. The first kappa shape index (κ1) is 21.0. The van der Waals surface area contributed by atoms with Gasteiger partial charge in [-0.25, -0.2) is 0 Å². The second-order valence-corrected chi connectivity index (χ2v) is 10.2. The van der Waals surface area contributed by atoms with E-state index in [1.165, 1.54) is 18.4 Å². The summed E-state index contributed by atoms with van der Waals surface area (Å²) in [6, 6.07) is 20.2. The molecule has 31 heavy (non-hydrogen) atoms. The molecular formula is C26H32N2O2S. The first-order valence-electron chi connectivity index (χ1n) is 11.7. The number of hydrogen-bond acceptors (Lipinski definition) is 4. The highest BCUT2D eigenvalue weighted by molar-refractivity contribution is 7.99. The van der Waals surface area contributed by atoms with Gasteiger partial charge in [-0.2, -0.15) is 0 Å². The fourth-order valence-corrected chi connectivity index (χ4v) is 6.57. The quantitative estimate of drug-likeness (QED) is 0.628. The van der Waals surface area contributed by atoms with Crippen LogP contribution in [0.2, 0.25) is 0 Å². The molecule has 3 fully saturated rings. The first-order chi connectivity index (χ1) is 15.3. The summed E-state index contributed by atoms with van der Waals surface area (Å²) < 4.78 is 5.75. The van der Waals surface area contributed by atoms with E-state index in [-0.39, 0.29) is 11.9 Å². The maximum atomic E-state index is 13.2. The van der Waals surface area contributed by atoms with Crippen LogP contribution in [0.25, 0.3) is 0 Å². The number of nitrogens with zero attached hydrogens (tertiary/aromatic N) is 1. The summed E-state index contributed by atoms with van der Waals surface area (Å²) in [7, 11) is 0. The number of fused-ring (bicyclic) bond motifs is 2. The zero-order chi connectivity index (χ0) is 21.0. The van der Waals surface area contributed by atoms with Gasteiger partial charge in [0.25, 0.3) is 5.91 Å². The minimum Gasteiger partial charge on any atom is -0.377 e. The lowest BCUT2D eigenvalue weighted by Gasteiger charge is -2.39. The number of amides is 1. The number of thioether (sulfide) groups is 1. The Morgan fingerprint density at radius 2 is 1.74 bits per heavy atom. The van der Waals surface area contributed by atoms with Crippen molar-refractivity contribution >= 4 is 17.7 Å². The van der Waals surface area contributed by atoms with Gasteiger partial charge in [-0.05, 0) is 56.2 Å². The lowest BCUT2D eigenvalue weighted by Crippen LogP contribution is -2.50. The Bertz CT molecular complexity index is 870. The molecule has 0 radical (unpaired) electrons. The molecule has 0 aromatic heterocycles. The van der Waals surface area contributed by atoms with Crippen LogP contribution in [-0.2, 0) is 11.3 Å². The van der Waals surface area contributed by atoms with Crippen LogP contribution < -0.4 is 5.32 Å². The number of nitrogens with one attached hydrogen (secondary N) is 1. The molecule has 0 saturated carbocycles. The lowest BCUT2D eigenvalue weighted by atomic mass is 9.96. The minimum atomic E-state index is 0.0800. The van der Waals surface area contributed by atoms with Crippen molar-refractivity contribution in [2.24, 2.45) is 0 Å². The van der Waals surface area contributed by atoms with E-state index in [2.05, 4.69) is 46.6 Å². The van der Waals surface area contributed by atoms with Crippen molar-refractivity contribution in [3.8, 4) is 0 Å². The van der Waals surface area contributed by atoms with Gasteiger partial charge in [-0.1, -0.05) is 42.5 Å². The maximum absolute atomic E-state index is 13.2. The van der Waals surface area contributed by atoms with E-state index in [0.29, 0.717) is 18.2 Å². The summed E-state index contributed by atoms with van der Waals surface area (Å²) in [5.41, 5.74) is 2.20. The zero-order valence-corrected chi connectivity index (χ0v) is 18.9. The molecule has 2 aromatic carbocycles. The average Bonchev–Trinajstić information content (AvgIpc) is 3.39. The van der Waals surface area contributed by atoms with E-state index in [4.69, 9.17) is 4.74 Å². The monoisotopic (exact) mass is 436 g/mol. The highest BCUT2D eigenvalue weighted by atomic mass is 32.2. The third-order valence-corrected chi connectivity index (χ3v) is 8.21. The minimum absolute atomic E-state index is 0.0800. The van der Waals surface area contributed by atoms with Crippen molar-refractivity contribution in [2.75, 3.05) is 12.4 Å². The number of piperidine rings is 1.